The van der Waals surface area contributed by atoms with E-state index in [1.54, 1.807) is 11.4 Å². The summed E-state index contributed by atoms with van der Waals surface area (Å²) in [5.74, 6) is 0. The number of sulfonamides is 1. The number of rotatable bonds is 5. The Morgan fingerprint density at radius 3 is 2.52 bits per heavy atom. The van der Waals surface area contributed by atoms with Gasteiger partial charge < -0.3 is 9.27 Å². The highest BCUT2D eigenvalue weighted by atomic mass is 35.5. The Morgan fingerprint density at radius 1 is 1.24 bits per heavy atom. The van der Waals surface area contributed by atoms with E-state index in [2.05, 4.69) is 4.72 Å². The first-order chi connectivity index (χ1) is 9.81. The maximum atomic E-state index is 12.1. The van der Waals surface area contributed by atoms with Crippen LogP contribution in [0.25, 0.3) is 0 Å². The molecule has 1 atom stereocenters. The van der Waals surface area contributed by atoms with Crippen molar-refractivity contribution in [2.45, 2.75) is 4.21 Å². The molecular weight excluding hydrogens is 379 g/mol. The van der Waals surface area contributed by atoms with Crippen LogP contribution in [0.2, 0.25) is 10.0 Å². The van der Waals surface area contributed by atoms with Crippen molar-refractivity contribution in [1.82, 2.24) is 0 Å². The SMILES string of the molecule is O=S([O-])Nc1c(NS(=O)(=O)c2cccs2)ccc(Cl)c1Cl. The third kappa shape index (κ3) is 3.87. The molecule has 0 amide bonds. The van der Waals surface area contributed by atoms with Gasteiger partial charge in [-0.05, 0) is 23.6 Å². The lowest BCUT2D eigenvalue weighted by atomic mass is 10.3. The van der Waals surface area contributed by atoms with E-state index in [1.165, 1.54) is 18.2 Å². The van der Waals surface area contributed by atoms with E-state index >= 15 is 0 Å². The van der Waals surface area contributed by atoms with E-state index in [9.17, 15) is 17.2 Å². The van der Waals surface area contributed by atoms with Crippen molar-refractivity contribution >= 4 is 67.2 Å². The molecule has 21 heavy (non-hydrogen) atoms. The summed E-state index contributed by atoms with van der Waals surface area (Å²) in [7, 11) is -3.83. The van der Waals surface area contributed by atoms with Gasteiger partial charge in [0.05, 0.1) is 21.4 Å². The molecular formula is C10H7Cl2N2O4S3-. The molecule has 0 spiro atoms. The first kappa shape index (κ1) is 16.5. The van der Waals surface area contributed by atoms with Crippen molar-refractivity contribution in [3.63, 3.8) is 0 Å². The Morgan fingerprint density at radius 2 is 1.95 bits per heavy atom. The second-order valence-corrected chi connectivity index (χ2v) is 7.97. The summed E-state index contributed by atoms with van der Waals surface area (Å²) >= 11 is 10.0. The molecule has 2 N–H and O–H groups in total. The predicted molar refractivity (Wildman–Crippen MR) is 84.1 cm³/mol. The quantitative estimate of drug-likeness (QED) is 0.772. The molecule has 0 bridgehead atoms. The Bertz CT molecular complexity index is 778. The Kier molecular flexibility index (Phi) is 5.12. The Balaban J connectivity index is 2.45. The minimum absolute atomic E-state index is 0.0259. The van der Waals surface area contributed by atoms with E-state index in [1.807, 2.05) is 4.72 Å². The first-order valence-corrected chi connectivity index (χ1v) is 9.41. The monoisotopic (exact) mass is 385 g/mol. The fourth-order valence-corrected chi connectivity index (χ4v) is 4.30. The van der Waals surface area contributed by atoms with Crippen molar-refractivity contribution < 1.29 is 17.2 Å². The second-order valence-electron chi connectivity index (χ2n) is 3.66. The van der Waals surface area contributed by atoms with Crippen molar-refractivity contribution in [1.29, 1.82) is 0 Å². The maximum Gasteiger partial charge on any atom is 0.271 e. The molecule has 0 aliphatic carbocycles. The summed E-state index contributed by atoms with van der Waals surface area (Å²) in [6.07, 6.45) is 0. The second kappa shape index (κ2) is 6.51. The molecule has 6 nitrogen and oxygen atoms in total. The molecule has 1 unspecified atom stereocenters. The summed E-state index contributed by atoms with van der Waals surface area (Å²) in [6, 6.07) is 5.67. The third-order valence-corrected chi connectivity index (χ3v) is 6.22. The van der Waals surface area contributed by atoms with E-state index in [0.29, 0.717) is 0 Å². The molecule has 2 aromatic rings. The van der Waals surface area contributed by atoms with Crippen LogP contribution >= 0.6 is 34.5 Å². The Labute approximate surface area is 137 Å². The molecule has 1 aromatic carbocycles. The lowest BCUT2D eigenvalue weighted by Gasteiger charge is -2.17. The smallest absolute Gasteiger partial charge is 0.271 e. The largest absolute Gasteiger partial charge is 0.755 e. The fraction of sp³-hybridized carbons (Fsp3) is 0. The predicted octanol–water partition coefficient (Wildman–Crippen LogP) is 3.06. The maximum absolute atomic E-state index is 12.1. The third-order valence-electron chi connectivity index (χ3n) is 2.28. The number of halogens is 2. The number of hydrogen-bond acceptors (Lipinski definition) is 5. The molecule has 0 aliphatic rings. The summed E-state index contributed by atoms with van der Waals surface area (Å²) in [5, 5.41) is 1.59. The van der Waals surface area contributed by atoms with Crippen LogP contribution in [0.4, 0.5) is 11.4 Å². The minimum atomic E-state index is -3.83. The summed E-state index contributed by atoms with van der Waals surface area (Å²) in [6.45, 7) is 0. The van der Waals surface area contributed by atoms with Gasteiger partial charge in [0.25, 0.3) is 10.0 Å². The van der Waals surface area contributed by atoms with Crippen LogP contribution in [0.5, 0.6) is 0 Å². The summed E-state index contributed by atoms with van der Waals surface area (Å²) < 4.78 is 50.2. The van der Waals surface area contributed by atoms with Gasteiger partial charge in [0.2, 0.25) is 0 Å². The van der Waals surface area contributed by atoms with Crippen LogP contribution in [-0.4, -0.2) is 17.2 Å². The lowest BCUT2D eigenvalue weighted by Crippen LogP contribution is -2.14. The number of anilines is 2. The molecule has 1 heterocycles. The zero-order chi connectivity index (χ0) is 15.6. The number of benzene rings is 1. The van der Waals surface area contributed by atoms with Crippen LogP contribution in [-0.2, 0) is 21.3 Å². The van der Waals surface area contributed by atoms with Gasteiger partial charge in [0.1, 0.15) is 4.21 Å². The molecule has 0 fully saturated rings. The van der Waals surface area contributed by atoms with Gasteiger partial charge in [-0.15, -0.1) is 11.3 Å². The van der Waals surface area contributed by atoms with Crippen LogP contribution in [0.15, 0.2) is 33.9 Å². The molecule has 0 aliphatic heterocycles. The summed E-state index contributed by atoms with van der Waals surface area (Å²) in [5.41, 5.74) is -0.167. The van der Waals surface area contributed by atoms with Crippen LogP contribution in [0.1, 0.15) is 0 Å². The van der Waals surface area contributed by atoms with E-state index in [-0.39, 0.29) is 25.6 Å². The lowest BCUT2D eigenvalue weighted by molar-refractivity contribution is 0.542. The van der Waals surface area contributed by atoms with Gasteiger partial charge in [0.15, 0.2) is 0 Å². The number of thiophene rings is 1. The highest BCUT2D eigenvalue weighted by molar-refractivity contribution is 7.94. The fourth-order valence-electron chi connectivity index (χ4n) is 1.43. The summed E-state index contributed by atoms with van der Waals surface area (Å²) in [4.78, 5) is 0. The van der Waals surface area contributed by atoms with Gasteiger partial charge >= 0.3 is 0 Å². The van der Waals surface area contributed by atoms with Crippen LogP contribution in [0.3, 0.4) is 0 Å². The average molecular weight is 386 g/mol. The number of hydrogen-bond donors (Lipinski definition) is 2. The van der Waals surface area contributed by atoms with E-state index in [0.717, 1.165) is 11.3 Å². The van der Waals surface area contributed by atoms with Gasteiger partial charge in [-0.25, -0.2) is 8.42 Å². The molecule has 0 radical (unpaired) electrons. The van der Waals surface area contributed by atoms with E-state index < -0.39 is 21.3 Å². The molecule has 1 aromatic heterocycles. The minimum Gasteiger partial charge on any atom is -0.755 e. The van der Waals surface area contributed by atoms with Gasteiger partial charge in [-0.3, -0.25) is 8.93 Å². The van der Waals surface area contributed by atoms with E-state index in [4.69, 9.17) is 23.2 Å². The van der Waals surface area contributed by atoms with Crippen molar-refractivity contribution in [2.75, 3.05) is 9.44 Å². The van der Waals surface area contributed by atoms with Gasteiger partial charge in [0, 0.05) is 11.3 Å². The molecule has 114 valence electrons. The highest BCUT2D eigenvalue weighted by Crippen LogP contribution is 2.37. The normalized spacial score (nSPS) is 12.9. The standard InChI is InChI=1S/C10H8Cl2N2O4S3/c11-6-3-4-7(10(9(6)12)13-20(15)16)14-21(17,18)8-2-1-5-19-8/h1-5,13-14H,(H,15,16)/p-1. The zero-order valence-corrected chi connectivity index (χ0v) is 14.0. The topological polar surface area (TPSA) is 98.3 Å². The van der Waals surface area contributed by atoms with Crippen molar-refractivity contribution in [3.05, 3.63) is 39.7 Å². The molecule has 2 rings (SSSR count). The van der Waals surface area contributed by atoms with Gasteiger partial charge in [-0.2, -0.15) is 0 Å². The van der Waals surface area contributed by atoms with Crippen LogP contribution < -0.4 is 9.44 Å². The highest BCUT2D eigenvalue weighted by Gasteiger charge is 2.19. The first-order valence-electron chi connectivity index (χ1n) is 5.21. The average Bonchev–Trinajstić information content (AvgIpc) is 2.92. The van der Waals surface area contributed by atoms with Crippen molar-refractivity contribution in [2.24, 2.45) is 0 Å². The van der Waals surface area contributed by atoms with Gasteiger partial charge in [-0.1, -0.05) is 29.3 Å². The molecule has 11 heteroatoms. The number of nitrogens with one attached hydrogen (secondary N) is 2. The Hall–Kier alpha value is -0.840. The van der Waals surface area contributed by atoms with Crippen LogP contribution in [0, 0.1) is 0 Å². The molecule has 0 saturated heterocycles. The van der Waals surface area contributed by atoms with Crippen molar-refractivity contribution in [3.8, 4) is 0 Å². The molecule has 0 saturated carbocycles. The zero-order valence-electron chi connectivity index (χ0n) is 10.0.